The number of fused-ring (bicyclic) bond motifs is 1. The molecule has 0 bridgehead atoms. The Hall–Kier alpha value is -3.34. The van der Waals surface area contributed by atoms with Crippen molar-refractivity contribution >= 4 is 11.6 Å². The highest BCUT2D eigenvalue weighted by Gasteiger charge is 2.33. The molecule has 124 valence electrons. The van der Waals surface area contributed by atoms with Gasteiger partial charge >= 0.3 is 0 Å². The van der Waals surface area contributed by atoms with Gasteiger partial charge in [0.05, 0.1) is 29.6 Å². The third-order valence-electron chi connectivity index (χ3n) is 4.35. The van der Waals surface area contributed by atoms with E-state index < -0.39 is 0 Å². The fourth-order valence-electron chi connectivity index (χ4n) is 3.04. The number of aromatic amines is 1. The minimum Gasteiger partial charge on any atom is -0.497 e. The molecule has 25 heavy (non-hydrogen) atoms. The molecule has 0 saturated heterocycles. The predicted molar refractivity (Wildman–Crippen MR) is 95.6 cm³/mol. The molecule has 4 rings (SSSR count). The number of aryl methyl sites for hydroxylation is 1. The molecular weight excluding hydrogens is 316 g/mol. The van der Waals surface area contributed by atoms with Crippen LogP contribution in [0.2, 0.25) is 0 Å². The minimum atomic E-state index is -0.354. The molecule has 2 aromatic carbocycles. The van der Waals surface area contributed by atoms with Crippen LogP contribution < -0.4 is 4.74 Å². The van der Waals surface area contributed by atoms with Gasteiger partial charge in [-0.25, -0.2) is 4.99 Å². The van der Waals surface area contributed by atoms with E-state index in [0.29, 0.717) is 22.5 Å². The normalized spacial score (nSPS) is 12.9. The number of ether oxygens (including phenoxy) is 1. The van der Waals surface area contributed by atoms with Crippen molar-refractivity contribution in [1.29, 1.82) is 0 Å². The van der Waals surface area contributed by atoms with Gasteiger partial charge in [0.15, 0.2) is 5.88 Å². The topological polar surface area (TPSA) is 74.7 Å². The second-order valence-corrected chi connectivity index (χ2v) is 5.96. The van der Waals surface area contributed by atoms with Gasteiger partial charge < -0.3 is 14.8 Å². The summed E-state index contributed by atoms with van der Waals surface area (Å²) < 4.78 is 5.16. The van der Waals surface area contributed by atoms with Crippen LogP contribution >= 0.6 is 0 Å². The fraction of sp³-hybridized carbons (Fsp3) is 0.100. The first-order valence-electron chi connectivity index (χ1n) is 7.88. The number of benzene rings is 2. The summed E-state index contributed by atoms with van der Waals surface area (Å²) in [5.41, 5.74) is 4.61. The maximum atomic E-state index is 12.5. The molecule has 1 amide bonds. The van der Waals surface area contributed by atoms with Crippen LogP contribution in [0.25, 0.3) is 11.3 Å². The minimum absolute atomic E-state index is 0.0500. The lowest BCUT2D eigenvalue weighted by atomic mass is 9.99. The molecular formula is C20H16N2O3. The van der Waals surface area contributed by atoms with Crippen LogP contribution in [-0.2, 0) is 0 Å². The summed E-state index contributed by atoms with van der Waals surface area (Å²) in [6.45, 7) is 1.99. The number of hydrogen-bond donors (Lipinski definition) is 2. The molecule has 0 fully saturated rings. The van der Waals surface area contributed by atoms with Crippen LogP contribution in [0.15, 0.2) is 53.5 Å². The number of aromatic nitrogens is 1. The summed E-state index contributed by atoms with van der Waals surface area (Å²) >= 11 is 0. The number of rotatable bonds is 3. The number of aliphatic imine (C=N–C) groups is 1. The Morgan fingerprint density at radius 3 is 2.24 bits per heavy atom. The maximum absolute atomic E-state index is 12.5. The smallest absolute Gasteiger partial charge is 0.280 e. The highest BCUT2D eigenvalue weighted by molar-refractivity contribution is 6.30. The van der Waals surface area contributed by atoms with E-state index in [1.165, 1.54) is 0 Å². The van der Waals surface area contributed by atoms with Crippen molar-refractivity contribution in [1.82, 2.24) is 4.98 Å². The van der Waals surface area contributed by atoms with Crippen LogP contribution in [0, 0.1) is 6.92 Å². The number of carbonyl (C=O) groups excluding carboxylic acids is 1. The number of nitrogens with one attached hydrogen (secondary N) is 1. The van der Waals surface area contributed by atoms with Crippen LogP contribution in [0.4, 0.5) is 0 Å². The van der Waals surface area contributed by atoms with Gasteiger partial charge in [-0.2, -0.15) is 0 Å². The summed E-state index contributed by atoms with van der Waals surface area (Å²) in [6.07, 6.45) is 0. The third-order valence-corrected chi connectivity index (χ3v) is 4.35. The standard InChI is InChI=1S/C20H16N2O3/c1-11-3-5-12(6-4-11)17-15-16(20(24)21-17)18(22-19(15)23)13-7-9-14(25-2)10-8-13/h3-10,22-23H,1-2H3. The average Bonchev–Trinajstić information content (AvgIpc) is 3.15. The lowest BCUT2D eigenvalue weighted by molar-refractivity contribution is 0.101. The first kappa shape index (κ1) is 15.2. The van der Waals surface area contributed by atoms with E-state index in [1.807, 2.05) is 43.3 Å². The van der Waals surface area contributed by atoms with Gasteiger partial charge in [-0.3, -0.25) is 4.79 Å². The Balaban J connectivity index is 1.83. The van der Waals surface area contributed by atoms with Crippen molar-refractivity contribution in [2.45, 2.75) is 6.92 Å². The summed E-state index contributed by atoms with van der Waals surface area (Å²) in [4.78, 5) is 19.6. The SMILES string of the molecule is COc1ccc(-c2[nH]c(O)c3c2C(=O)N=C3c2ccc(C)cc2)cc1. The quantitative estimate of drug-likeness (QED) is 0.768. The molecule has 5 heteroatoms. The second-order valence-electron chi connectivity index (χ2n) is 5.96. The highest BCUT2D eigenvalue weighted by atomic mass is 16.5. The number of aromatic hydroxyl groups is 1. The van der Waals surface area contributed by atoms with Gasteiger partial charge in [0, 0.05) is 5.56 Å². The molecule has 1 aliphatic rings. The van der Waals surface area contributed by atoms with Crippen molar-refractivity contribution in [3.8, 4) is 22.9 Å². The van der Waals surface area contributed by atoms with Gasteiger partial charge in [0.1, 0.15) is 5.75 Å². The van der Waals surface area contributed by atoms with Gasteiger partial charge in [-0.1, -0.05) is 29.8 Å². The van der Waals surface area contributed by atoms with E-state index in [2.05, 4.69) is 9.98 Å². The first-order chi connectivity index (χ1) is 12.1. The number of amides is 1. The van der Waals surface area contributed by atoms with Crippen molar-refractivity contribution in [2.24, 2.45) is 4.99 Å². The van der Waals surface area contributed by atoms with Crippen LogP contribution in [-0.4, -0.2) is 28.8 Å². The number of methoxy groups -OCH3 is 1. The molecule has 0 saturated carbocycles. The van der Waals surface area contributed by atoms with Crippen LogP contribution in [0.5, 0.6) is 11.6 Å². The molecule has 0 spiro atoms. The fourth-order valence-corrected chi connectivity index (χ4v) is 3.04. The third kappa shape index (κ3) is 2.41. The van der Waals surface area contributed by atoms with E-state index in [4.69, 9.17) is 4.74 Å². The summed E-state index contributed by atoms with van der Waals surface area (Å²) in [6, 6.07) is 15.0. The van der Waals surface area contributed by atoms with E-state index in [9.17, 15) is 9.90 Å². The molecule has 0 atom stereocenters. The van der Waals surface area contributed by atoms with E-state index >= 15 is 0 Å². The average molecular weight is 332 g/mol. The number of H-pyrrole nitrogens is 1. The monoisotopic (exact) mass is 332 g/mol. The molecule has 2 heterocycles. The molecule has 5 nitrogen and oxygen atoms in total. The first-order valence-corrected chi connectivity index (χ1v) is 7.88. The van der Waals surface area contributed by atoms with Crippen molar-refractivity contribution in [2.75, 3.05) is 7.11 Å². The predicted octanol–water partition coefficient (Wildman–Crippen LogP) is 3.70. The summed E-state index contributed by atoms with van der Waals surface area (Å²) in [7, 11) is 1.60. The van der Waals surface area contributed by atoms with E-state index in [-0.39, 0.29) is 11.8 Å². The van der Waals surface area contributed by atoms with Crippen LogP contribution in [0.3, 0.4) is 0 Å². The zero-order valence-corrected chi connectivity index (χ0v) is 13.8. The van der Waals surface area contributed by atoms with Crippen molar-refractivity contribution in [3.05, 3.63) is 70.8 Å². The van der Waals surface area contributed by atoms with Gasteiger partial charge in [-0.05, 0) is 36.8 Å². The van der Waals surface area contributed by atoms with Gasteiger partial charge in [0.2, 0.25) is 0 Å². The highest BCUT2D eigenvalue weighted by Crippen LogP contribution is 2.38. The largest absolute Gasteiger partial charge is 0.497 e. The number of carbonyl (C=O) groups is 1. The Morgan fingerprint density at radius 1 is 0.960 bits per heavy atom. The van der Waals surface area contributed by atoms with Crippen molar-refractivity contribution in [3.63, 3.8) is 0 Å². The lowest BCUT2D eigenvalue weighted by Crippen LogP contribution is -1.99. The Bertz CT molecular complexity index is 997. The molecule has 0 radical (unpaired) electrons. The van der Waals surface area contributed by atoms with E-state index in [0.717, 1.165) is 22.4 Å². The number of hydrogen-bond acceptors (Lipinski definition) is 3. The molecule has 1 aliphatic heterocycles. The molecule has 3 aromatic rings. The summed E-state index contributed by atoms with van der Waals surface area (Å²) in [5, 5.41) is 10.4. The Morgan fingerprint density at radius 2 is 1.60 bits per heavy atom. The molecule has 1 aromatic heterocycles. The van der Waals surface area contributed by atoms with Gasteiger partial charge in [0.25, 0.3) is 5.91 Å². The summed E-state index contributed by atoms with van der Waals surface area (Å²) in [5.74, 6) is 0.318. The maximum Gasteiger partial charge on any atom is 0.280 e. The van der Waals surface area contributed by atoms with Gasteiger partial charge in [-0.15, -0.1) is 0 Å². The zero-order valence-electron chi connectivity index (χ0n) is 13.8. The van der Waals surface area contributed by atoms with Crippen LogP contribution in [0.1, 0.15) is 27.0 Å². The Labute approximate surface area is 144 Å². The van der Waals surface area contributed by atoms with Crippen molar-refractivity contribution < 1.29 is 14.6 Å². The Kier molecular flexibility index (Phi) is 3.42. The molecule has 0 unspecified atom stereocenters. The zero-order chi connectivity index (χ0) is 17.6. The molecule has 0 aliphatic carbocycles. The molecule has 2 N–H and O–H groups in total. The number of nitrogens with zero attached hydrogens (tertiary/aromatic N) is 1. The second kappa shape index (κ2) is 5.63. The van der Waals surface area contributed by atoms with E-state index in [1.54, 1.807) is 19.2 Å². The lowest BCUT2D eigenvalue weighted by Gasteiger charge is -2.02.